The summed E-state index contributed by atoms with van der Waals surface area (Å²) in [5.41, 5.74) is 0. The van der Waals surface area contributed by atoms with Crippen molar-refractivity contribution in [3.05, 3.63) is 0 Å². The van der Waals surface area contributed by atoms with Crippen molar-refractivity contribution in [2.75, 3.05) is 0 Å². The standard InChI is InChI=1S/Hf.8H2O.Zr/h;8*1H2;/q+4;;;;;;;;;+4/p-8. The SMILES string of the molecule is [Hf+4].[OH-].[OH-].[OH-].[OH-].[OH-].[OH-].[OH-].[OH-].[Zr+4]. The van der Waals surface area contributed by atoms with E-state index < -0.39 is 0 Å². The van der Waals surface area contributed by atoms with E-state index in [0.717, 1.165) is 0 Å². The van der Waals surface area contributed by atoms with Crippen LogP contribution in [0.3, 0.4) is 0 Å². The van der Waals surface area contributed by atoms with E-state index in [2.05, 4.69) is 0 Å². The van der Waals surface area contributed by atoms with Crippen LogP contribution in [0.4, 0.5) is 0 Å². The predicted molar refractivity (Wildman–Crippen MR) is 15.5 cm³/mol. The van der Waals surface area contributed by atoms with Gasteiger partial charge in [-0.3, -0.25) is 0 Å². The van der Waals surface area contributed by atoms with Gasteiger partial charge in [0.2, 0.25) is 0 Å². The molecule has 8 N–H and O–H groups in total. The Labute approximate surface area is 95.4 Å². The van der Waals surface area contributed by atoms with Crippen molar-refractivity contribution in [2.24, 2.45) is 0 Å². The van der Waals surface area contributed by atoms with Gasteiger partial charge in [-0.1, -0.05) is 0 Å². The summed E-state index contributed by atoms with van der Waals surface area (Å²) in [6.45, 7) is 0. The molecule has 0 saturated heterocycles. The first-order valence-electron chi connectivity index (χ1n) is 0. The molecule has 0 heterocycles. The third kappa shape index (κ3) is 327. The summed E-state index contributed by atoms with van der Waals surface area (Å²) in [6.07, 6.45) is 0. The Morgan fingerprint density at radius 3 is 0.300 bits per heavy atom. The summed E-state index contributed by atoms with van der Waals surface area (Å²) >= 11 is 0. The minimum atomic E-state index is 0. The molecule has 0 aromatic carbocycles. The van der Waals surface area contributed by atoms with Crippen molar-refractivity contribution < 1.29 is 95.9 Å². The van der Waals surface area contributed by atoms with Crippen LogP contribution in [-0.2, 0) is 52.0 Å². The van der Waals surface area contributed by atoms with E-state index in [4.69, 9.17) is 0 Å². The summed E-state index contributed by atoms with van der Waals surface area (Å²) in [4.78, 5) is 0. The number of hydrogen-bond acceptors (Lipinski definition) is 8. The average Bonchev–Trinajstić information content (AvgIpc) is 0. The summed E-state index contributed by atoms with van der Waals surface area (Å²) in [5, 5.41) is 0. The Balaban J connectivity index is 0. The van der Waals surface area contributed by atoms with Gasteiger partial charge in [0.05, 0.1) is 0 Å². The molecule has 0 bridgehead atoms. The van der Waals surface area contributed by atoms with Crippen LogP contribution in [-0.4, -0.2) is 43.8 Å². The molecular weight excluding hydrogens is 398 g/mol. The van der Waals surface area contributed by atoms with Crippen LogP contribution in [0, 0.1) is 0 Å². The van der Waals surface area contributed by atoms with E-state index in [1.54, 1.807) is 0 Å². The molecule has 0 rings (SSSR count). The van der Waals surface area contributed by atoms with Gasteiger partial charge in [-0.15, -0.1) is 0 Å². The normalized spacial score (nSPS) is 0. The molecule has 64 valence electrons. The Morgan fingerprint density at radius 2 is 0.300 bits per heavy atom. The fraction of sp³-hybridized carbons (Fsp3) is 0. The van der Waals surface area contributed by atoms with Crippen LogP contribution in [0.5, 0.6) is 0 Å². The average molecular weight is 406 g/mol. The van der Waals surface area contributed by atoms with Crippen molar-refractivity contribution in [1.82, 2.24) is 0 Å². The largest absolute Gasteiger partial charge is 4.00 e. The van der Waals surface area contributed by atoms with E-state index in [-0.39, 0.29) is 95.9 Å². The maximum absolute atomic E-state index is 0. The van der Waals surface area contributed by atoms with Gasteiger partial charge in [0.1, 0.15) is 0 Å². The first-order valence-corrected chi connectivity index (χ1v) is 0. The summed E-state index contributed by atoms with van der Waals surface area (Å²) in [6, 6.07) is 0. The van der Waals surface area contributed by atoms with Crippen LogP contribution in [0.1, 0.15) is 0 Å². The maximum Gasteiger partial charge on any atom is 4.00 e. The molecule has 0 radical (unpaired) electrons. The molecule has 0 unspecified atom stereocenters. The Hall–Kier alpha value is 1.43. The van der Waals surface area contributed by atoms with Gasteiger partial charge in [-0.2, -0.15) is 0 Å². The Morgan fingerprint density at radius 1 is 0.300 bits per heavy atom. The first kappa shape index (κ1) is 606. The van der Waals surface area contributed by atoms with Crippen LogP contribution in [0.15, 0.2) is 0 Å². The summed E-state index contributed by atoms with van der Waals surface area (Å²) in [7, 11) is 0. The second kappa shape index (κ2) is 452. The van der Waals surface area contributed by atoms with Gasteiger partial charge >= 0.3 is 52.0 Å². The van der Waals surface area contributed by atoms with E-state index in [0.29, 0.717) is 0 Å². The van der Waals surface area contributed by atoms with Gasteiger partial charge in [0, 0.05) is 0 Å². The van der Waals surface area contributed by atoms with Crippen molar-refractivity contribution in [3.8, 4) is 0 Å². The van der Waals surface area contributed by atoms with E-state index in [9.17, 15) is 0 Å². The molecule has 0 aliphatic carbocycles. The molecule has 0 saturated carbocycles. The molecule has 8 nitrogen and oxygen atoms in total. The molecule has 0 aromatic heterocycles. The van der Waals surface area contributed by atoms with Crippen LogP contribution < -0.4 is 0 Å². The Bertz CT molecular complexity index is 9.22. The smallest absolute Gasteiger partial charge is 0.870 e. The van der Waals surface area contributed by atoms with Crippen LogP contribution >= 0.6 is 0 Å². The summed E-state index contributed by atoms with van der Waals surface area (Å²) < 4.78 is 0. The van der Waals surface area contributed by atoms with Gasteiger partial charge < -0.3 is 43.8 Å². The van der Waals surface area contributed by atoms with E-state index >= 15 is 0 Å². The second-order valence-electron chi connectivity index (χ2n) is 0. The molecule has 0 fully saturated rings. The van der Waals surface area contributed by atoms with Crippen molar-refractivity contribution in [1.29, 1.82) is 0 Å². The predicted octanol–water partition coefficient (Wildman–Crippen LogP) is -1.42. The quantitative estimate of drug-likeness (QED) is 0.431. The zero-order valence-electron chi connectivity index (χ0n) is 4.58. The Kier molecular flexibility index (Phi) is 27400. The summed E-state index contributed by atoms with van der Waals surface area (Å²) in [5.74, 6) is 0. The fourth-order valence-corrected chi connectivity index (χ4v) is 0. The molecule has 0 aliphatic heterocycles. The molecular formula is H8HfO8Zr. The minimum absolute atomic E-state index is 0. The first-order chi connectivity index (χ1) is 0. The molecule has 10 heteroatoms. The van der Waals surface area contributed by atoms with Gasteiger partial charge in [0.15, 0.2) is 0 Å². The van der Waals surface area contributed by atoms with Crippen LogP contribution in [0.25, 0.3) is 0 Å². The topological polar surface area (TPSA) is 240 Å². The van der Waals surface area contributed by atoms with E-state index in [1.165, 1.54) is 0 Å². The van der Waals surface area contributed by atoms with Crippen molar-refractivity contribution in [2.45, 2.75) is 0 Å². The van der Waals surface area contributed by atoms with E-state index in [1.807, 2.05) is 0 Å². The van der Waals surface area contributed by atoms with Crippen molar-refractivity contribution in [3.63, 3.8) is 0 Å². The van der Waals surface area contributed by atoms with Crippen molar-refractivity contribution >= 4 is 0 Å². The second-order valence-corrected chi connectivity index (χ2v) is 0. The van der Waals surface area contributed by atoms with Gasteiger partial charge in [-0.25, -0.2) is 0 Å². The fourth-order valence-electron chi connectivity index (χ4n) is 0. The third-order valence-electron chi connectivity index (χ3n) is 0. The molecule has 0 amide bonds. The molecule has 0 spiro atoms. The molecule has 0 aliphatic rings. The van der Waals surface area contributed by atoms with Crippen LogP contribution in [0.2, 0.25) is 0 Å². The monoisotopic (exact) mass is 406 g/mol. The number of rotatable bonds is 0. The zero-order valence-corrected chi connectivity index (χ0v) is 10.6. The molecule has 0 aromatic rings. The third-order valence-corrected chi connectivity index (χ3v) is 0. The molecule has 0 atom stereocenters. The van der Waals surface area contributed by atoms with Gasteiger partial charge in [0.25, 0.3) is 0 Å². The zero-order chi connectivity index (χ0) is 0. The minimum Gasteiger partial charge on any atom is -0.870 e. The maximum atomic E-state index is 0. The molecule has 10 heavy (non-hydrogen) atoms. The van der Waals surface area contributed by atoms with Gasteiger partial charge in [-0.05, 0) is 0 Å². The number of hydrogen-bond donors (Lipinski definition) is 0.